The predicted molar refractivity (Wildman–Crippen MR) is 64.7 cm³/mol. The standard InChI is InChI=1S/C12H19N3O2/c1-2-17-12(16)10-8-14-15(11(10)13)9-6-4-3-5-7-9/h8-9H,2-7,13H2,1H3. The lowest BCUT2D eigenvalue weighted by atomic mass is 9.96. The second-order valence-electron chi connectivity index (χ2n) is 4.40. The number of carbonyl (C=O) groups excluding carboxylic acids is 1. The molecule has 5 heteroatoms. The Bertz CT molecular complexity index is 394. The maximum Gasteiger partial charge on any atom is 0.343 e. The van der Waals surface area contributed by atoms with Crippen molar-refractivity contribution >= 4 is 11.8 Å². The fourth-order valence-corrected chi connectivity index (χ4v) is 2.35. The van der Waals surface area contributed by atoms with E-state index in [9.17, 15) is 4.79 Å². The van der Waals surface area contributed by atoms with E-state index in [2.05, 4.69) is 5.10 Å². The summed E-state index contributed by atoms with van der Waals surface area (Å²) in [6.45, 7) is 2.13. The van der Waals surface area contributed by atoms with E-state index in [1.54, 1.807) is 11.6 Å². The largest absolute Gasteiger partial charge is 0.462 e. The molecule has 1 aliphatic carbocycles. The second kappa shape index (κ2) is 5.21. The highest BCUT2D eigenvalue weighted by atomic mass is 16.5. The molecule has 1 aliphatic rings. The Balaban J connectivity index is 2.16. The fraction of sp³-hybridized carbons (Fsp3) is 0.667. The van der Waals surface area contributed by atoms with Gasteiger partial charge in [-0.05, 0) is 19.8 Å². The monoisotopic (exact) mass is 237 g/mol. The van der Waals surface area contributed by atoms with Gasteiger partial charge >= 0.3 is 5.97 Å². The first-order chi connectivity index (χ1) is 8.24. The highest BCUT2D eigenvalue weighted by molar-refractivity contribution is 5.93. The lowest BCUT2D eigenvalue weighted by Crippen LogP contribution is -2.17. The summed E-state index contributed by atoms with van der Waals surface area (Å²) in [5.74, 6) is 0.0578. The van der Waals surface area contributed by atoms with E-state index in [4.69, 9.17) is 10.5 Å². The van der Waals surface area contributed by atoms with Gasteiger partial charge < -0.3 is 10.5 Å². The summed E-state index contributed by atoms with van der Waals surface area (Å²) in [6, 6.07) is 0.340. The summed E-state index contributed by atoms with van der Waals surface area (Å²) in [7, 11) is 0. The number of carbonyl (C=O) groups is 1. The predicted octanol–water partition coefficient (Wildman–Crippen LogP) is 2.15. The molecule has 2 N–H and O–H groups in total. The molecule has 0 aliphatic heterocycles. The van der Waals surface area contributed by atoms with Crippen LogP contribution in [0.25, 0.3) is 0 Å². The zero-order valence-electron chi connectivity index (χ0n) is 10.2. The van der Waals surface area contributed by atoms with Crippen molar-refractivity contribution in [1.82, 2.24) is 9.78 Å². The Morgan fingerprint density at radius 3 is 2.88 bits per heavy atom. The van der Waals surface area contributed by atoms with Crippen LogP contribution in [0.2, 0.25) is 0 Å². The molecule has 94 valence electrons. The molecule has 0 unspecified atom stereocenters. The number of esters is 1. The van der Waals surface area contributed by atoms with Gasteiger partial charge in [-0.25, -0.2) is 9.48 Å². The molecule has 1 saturated carbocycles. The summed E-state index contributed by atoms with van der Waals surface area (Å²) in [6.07, 6.45) is 7.39. The number of rotatable bonds is 3. The zero-order chi connectivity index (χ0) is 12.3. The molecular formula is C12H19N3O2. The Morgan fingerprint density at radius 1 is 1.53 bits per heavy atom. The van der Waals surface area contributed by atoms with Crippen molar-refractivity contribution in [2.24, 2.45) is 0 Å². The van der Waals surface area contributed by atoms with Crippen LogP contribution in [0.4, 0.5) is 5.82 Å². The van der Waals surface area contributed by atoms with Gasteiger partial charge in [0.25, 0.3) is 0 Å². The van der Waals surface area contributed by atoms with E-state index < -0.39 is 0 Å². The average molecular weight is 237 g/mol. The zero-order valence-corrected chi connectivity index (χ0v) is 10.2. The van der Waals surface area contributed by atoms with Gasteiger partial charge in [0, 0.05) is 0 Å². The van der Waals surface area contributed by atoms with Gasteiger partial charge in [-0.3, -0.25) is 0 Å². The van der Waals surface area contributed by atoms with Gasteiger partial charge in [-0.15, -0.1) is 0 Å². The molecule has 5 nitrogen and oxygen atoms in total. The number of anilines is 1. The summed E-state index contributed by atoms with van der Waals surface area (Å²) in [5.41, 5.74) is 6.35. The van der Waals surface area contributed by atoms with Crippen LogP contribution >= 0.6 is 0 Å². The van der Waals surface area contributed by atoms with Crippen LogP contribution < -0.4 is 5.73 Å². The number of nitrogens with two attached hydrogens (primary N) is 1. The lowest BCUT2D eigenvalue weighted by molar-refractivity contribution is 0.0527. The van der Waals surface area contributed by atoms with Gasteiger partial charge in [0.1, 0.15) is 11.4 Å². The average Bonchev–Trinajstić information content (AvgIpc) is 2.72. The number of aromatic nitrogens is 2. The van der Waals surface area contributed by atoms with E-state index in [0.29, 0.717) is 24.0 Å². The number of hydrogen-bond donors (Lipinski definition) is 1. The van der Waals surface area contributed by atoms with Crippen LogP contribution in [-0.4, -0.2) is 22.4 Å². The van der Waals surface area contributed by atoms with Crippen LogP contribution in [0.15, 0.2) is 6.20 Å². The summed E-state index contributed by atoms with van der Waals surface area (Å²) in [5, 5.41) is 4.23. The number of nitrogen functional groups attached to an aromatic ring is 1. The van der Waals surface area contributed by atoms with Gasteiger partial charge in [0.15, 0.2) is 0 Å². The van der Waals surface area contributed by atoms with Crippen molar-refractivity contribution in [2.45, 2.75) is 45.1 Å². The number of nitrogens with zero attached hydrogens (tertiary/aromatic N) is 2. The Labute approximate surface area is 101 Å². The summed E-state index contributed by atoms with van der Waals surface area (Å²) in [4.78, 5) is 11.6. The van der Waals surface area contributed by atoms with Crippen LogP contribution in [0.5, 0.6) is 0 Å². The van der Waals surface area contributed by atoms with E-state index in [1.807, 2.05) is 0 Å². The molecule has 0 saturated heterocycles. The van der Waals surface area contributed by atoms with E-state index >= 15 is 0 Å². The molecule has 0 radical (unpaired) electrons. The maximum atomic E-state index is 11.6. The molecule has 0 spiro atoms. The van der Waals surface area contributed by atoms with E-state index in [1.165, 1.54) is 25.5 Å². The highest BCUT2D eigenvalue weighted by Crippen LogP contribution is 2.30. The first kappa shape index (κ1) is 12.0. The molecule has 0 amide bonds. The van der Waals surface area contributed by atoms with Crippen molar-refractivity contribution < 1.29 is 9.53 Å². The van der Waals surface area contributed by atoms with Crippen molar-refractivity contribution in [3.8, 4) is 0 Å². The van der Waals surface area contributed by atoms with Gasteiger partial charge in [0.2, 0.25) is 0 Å². The summed E-state index contributed by atoms with van der Waals surface area (Å²) < 4.78 is 6.72. The summed E-state index contributed by atoms with van der Waals surface area (Å²) >= 11 is 0. The molecule has 0 atom stereocenters. The topological polar surface area (TPSA) is 70.1 Å². The molecule has 1 aromatic rings. The Kier molecular flexibility index (Phi) is 3.66. The molecule has 17 heavy (non-hydrogen) atoms. The lowest BCUT2D eigenvalue weighted by Gasteiger charge is -2.22. The van der Waals surface area contributed by atoms with Crippen molar-refractivity contribution in [3.63, 3.8) is 0 Å². The third-order valence-electron chi connectivity index (χ3n) is 3.25. The molecule has 1 aromatic heterocycles. The smallest absolute Gasteiger partial charge is 0.343 e. The first-order valence-electron chi connectivity index (χ1n) is 6.24. The minimum Gasteiger partial charge on any atom is -0.462 e. The minimum atomic E-state index is -0.382. The number of ether oxygens (including phenoxy) is 1. The molecule has 0 aromatic carbocycles. The quantitative estimate of drug-likeness (QED) is 0.818. The van der Waals surface area contributed by atoms with Gasteiger partial charge in [0.05, 0.1) is 18.8 Å². The van der Waals surface area contributed by atoms with Crippen molar-refractivity contribution in [1.29, 1.82) is 0 Å². The fourth-order valence-electron chi connectivity index (χ4n) is 2.35. The molecule has 1 heterocycles. The van der Waals surface area contributed by atoms with Crippen LogP contribution in [0.3, 0.4) is 0 Å². The van der Waals surface area contributed by atoms with Crippen LogP contribution in [0.1, 0.15) is 55.4 Å². The Morgan fingerprint density at radius 2 is 2.24 bits per heavy atom. The van der Waals surface area contributed by atoms with Crippen LogP contribution in [0, 0.1) is 0 Å². The molecule has 2 rings (SSSR count). The molecule has 1 fully saturated rings. The molecule has 0 bridgehead atoms. The van der Waals surface area contributed by atoms with Crippen molar-refractivity contribution in [3.05, 3.63) is 11.8 Å². The van der Waals surface area contributed by atoms with E-state index in [-0.39, 0.29) is 5.97 Å². The van der Waals surface area contributed by atoms with Crippen molar-refractivity contribution in [2.75, 3.05) is 12.3 Å². The SMILES string of the molecule is CCOC(=O)c1cnn(C2CCCCC2)c1N. The minimum absolute atomic E-state index is 0.340. The highest BCUT2D eigenvalue weighted by Gasteiger charge is 2.22. The maximum absolute atomic E-state index is 11.6. The normalized spacial score (nSPS) is 17.0. The second-order valence-corrected chi connectivity index (χ2v) is 4.40. The van der Waals surface area contributed by atoms with E-state index in [0.717, 1.165) is 12.8 Å². The number of hydrogen-bond acceptors (Lipinski definition) is 4. The first-order valence-corrected chi connectivity index (χ1v) is 6.24. The Hall–Kier alpha value is -1.52. The molecular weight excluding hydrogens is 218 g/mol. The van der Waals surface area contributed by atoms with Gasteiger partial charge in [-0.2, -0.15) is 5.10 Å². The van der Waals surface area contributed by atoms with Gasteiger partial charge in [-0.1, -0.05) is 19.3 Å². The third-order valence-corrected chi connectivity index (χ3v) is 3.25. The van der Waals surface area contributed by atoms with Crippen LogP contribution in [-0.2, 0) is 4.74 Å². The third kappa shape index (κ3) is 2.43.